The average Bonchev–Trinajstić information content (AvgIpc) is 2.37. The highest BCUT2D eigenvalue weighted by Crippen LogP contribution is 2.08. The van der Waals surface area contributed by atoms with Crippen molar-refractivity contribution in [1.29, 1.82) is 0 Å². The highest BCUT2D eigenvalue weighted by molar-refractivity contribution is 6.59. The minimum atomic E-state index is -2.25. The molecule has 0 saturated heterocycles. The maximum absolute atomic E-state index is 12.0. The lowest BCUT2D eigenvalue weighted by Gasteiger charge is -2.23. The van der Waals surface area contributed by atoms with E-state index in [0.717, 1.165) is 18.2 Å². The third-order valence-electron chi connectivity index (χ3n) is 2.12. The number of hydrogen-bond acceptors (Lipinski definition) is 3. The van der Waals surface area contributed by atoms with Crippen LogP contribution in [0.5, 0.6) is 0 Å². The van der Waals surface area contributed by atoms with Crippen LogP contribution >= 0.6 is 0 Å². The monoisotopic (exact) mass is 310 g/mol. The second kappa shape index (κ2) is 9.92. The lowest BCUT2D eigenvalue weighted by atomic mass is 10.3. The maximum atomic E-state index is 12.0. The number of hydrogen-bond donors (Lipinski definition) is 0. The van der Waals surface area contributed by atoms with Gasteiger partial charge in [-0.25, -0.2) is 13.2 Å². The summed E-state index contributed by atoms with van der Waals surface area (Å²) in [7, 11) is -2.25. The topological polar surface area (TPSA) is 27.7 Å². The van der Waals surface area contributed by atoms with E-state index in [0.29, 0.717) is 19.8 Å². The van der Waals surface area contributed by atoms with Crippen molar-refractivity contribution in [3.63, 3.8) is 0 Å². The zero-order valence-corrected chi connectivity index (χ0v) is 13.2. The number of rotatable bonds is 6. The molecule has 0 aliphatic carbocycles. The molecular formula is C13H21F3O3Si. The van der Waals surface area contributed by atoms with E-state index in [1.54, 1.807) is 0 Å². The maximum Gasteiger partial charge on any atom is 0.497 e. The molecule has 0 spiro atoms. The summed E-state index contributed by atoms with van der Waals surface area (Å²) in [6, 6.07) is 2.82. The van der Waals surface area contributed by atoms with Crippen LogP contribution in [0.3, 0.4) is 0 Å². The molecule has 3 nitrogen and oxygen atoms in total. The third-order valence-corrected chi connectivity index (χ3v) is 4.56. The van der Waals surface area contributed by atoms with Crippen LogP contribution in [-0.4, -0.2) is 28.6 Å². The van der Waals surface area contributed by atoms with Crippen LogP contribution in [-0.2, 0) is 13.3 Å². The van der Waals surface area contributed by atoms with Crippen molar-refractivity contribution in [2.75, 3.05) is 19.8 Å². The van der Waals surface area contributed by atoms with Crippen LogP contribution in [0.25, 0.3) is 0 Å². The average molecular weight is 310 g/mol. The predicted molar refractivity (Wildman–Crippen MR) is 72.8 cm³/mol. The van der Waals surface area contributed by atoms with Gasteiger partial charge < -0.3 is 13.3 Å². The third kappa shape index (κ3) is 7.04. The molecule has 0 aromatic heterocycles. The molecule has 1 rings (SSSR count). The van der Waals surface area contributed by atoms with Crippen molar-refractivity contribution in [2.45, 2.75) is 27.3 Å². The lowest BCUT2D eigenvalue weighted by Crippen LogP contribution is -2.42. The summed E-state index contributed by atoms with van der Waals surface area (Å²) in [5, 5.41) is 0. The van der Waals surface area contributed by atoms with Gasteiger partial charge in [-0.2, -0.15) is 0 Å². The Morgan fingerprint density at radius 2 is 1.20 bits per heavy atom. The first-order valence-electron chi connectivity index (χ1n) is 6.41. The Labute approximate surface area is 119 Å². The van der Waals surface area contributed by atoms with Crippen LogP contribution in [0.1, 0.15) is 20.8 Å². The summed E-state index contributed by atoms with van der Waals surface area (Å²) in [5.74, 6) is -3.73. The summed E-state index contributed by atoms with van der Waals surface area (Å²) in [4.78, 5) is 0. The van der Waals surface area contributed by atoms with Crippen LogP contribution in [0.4, 0.5) is 13.2 Å². The fraction of sp³-hybridized carbons (Fsp3) is 0.538. The second-order valence-electron chi connectivity index (χ2n) is 3.70. The Morgan fingerprint density at radius 3 is 1.45 bits per heavy atom. The largest absolute Gasteiger partial charge is 0.497 e. The van der Waals surface area contributed by atoms with Gasteiger partial charge in [0.05, 0.1) is 0 Å². The summed E-state index contributed by atoms with van der Waals surface area (Å²) in [6.07, 6.45) is 0. The van der Waals surface area contributed by atoms with Gasteiger partial charge in [0.15, 0.2) is 17.5 Å². The minimum absolute atomic E-state index is 0.655. The van der Waals surface area contributed by atoms with E-state index in [9.17, 15) is 13.2 Å². The first-order chi connectivity index (χ1) is 9.40. The molecule has 0 fully saturated rings. The van der Waals surface area contributed by atoms with Gasteiger partial charge in [-0.05, 0) is 32.9 Å². The van der Waals surface area contributed by atoms with Crippen LogP contribution in [0.15, 0.2) is 18.2 Å². The Hall–Kier alpha value is -0.893. The van der Waals surface area contributed by atoms with Crippen LogP contribution in [0, 0.1) is 17.5 Å². The lowest BCUT2D eigenvalue weighted by molar-refractivity contribution is 0.0783. The highest BCUT2D eigenvalue weighted by Gasteiger charge is 2.32. The fourth-order valence-corrected chi connectivity index (χ4v) is 3.21. The standard InChI is InChI=1S/C7H18O3Si.C6H3F3/c1-5-8-11(4,9-6-2)10-7-3;7-4-2-1-3-5(8)6(4)9/h5-7H2,1-4H3;1-3H. The smallest absolute Gasteiger partial charge is 0.374 e. The molecule has 0 unspecified atom stereocenters. The van der Waals surface area contributed by atoms with Gasteiger partial charge in [-0.3, -0.25) is 0 Å². The van der Waals surface area contributed by atoms with Gasteiger partial charge in [0.25, 0.3) is 0 Å². The molecule has 0 N–H and O–H groups in total. The van der Waals surface area contributed by atoms with Crippen molar-refractivity contribution in [2.24, 2.45) is 0 Å². The minimum Gasteiger partial charge on any atom is -0.374 e. The van der Waals surface area contributed by atoms with Gasteiger partial charge in [-0.1, -0.05) is 6.07 Å². The van der Waals surface area contributed by atoms with Crippen molar-refractivity contribution in [1.82, 2.24) is 0 Å². The second-order valence-corrected chi connectivity index (χ2v) is 6.29. The summed E-state index contributed by atoms with van der Waals surface area (Å²) < 4.78 is 52.1. The Morgan fingerprint density at radius 1 is 0.850 bits per heavy atom. The molecule has 0 amide bonds. The van der Waals surface area contributed by atoms with Crippen molar-refractivity contribution < 1.29 is 26.4 Å². The molecule has 116 valence electrons. The Balaban J connectivity index is 0.000000367. The Kier molecular flexibility index (Phi) is 9.48. The van der Waals surface area contributed by atoms with E-state index in [-0.39, 0.29) is 0 Å². The SMILES string of the molecule is CCO[Si](C)(OCC)OCC.Fc1cccc(F)c1F. The van der Waals surface area contributed by atoms with E-state index in [1.165, 1.54) is 0 Å². The predicted octanol–water partition coefficient (Wildman–Crippen LogP) is 3.77. The van der Waals surface area contributed by atoms with Crippen molar-refractivity contribution in [3.8, 4) is 0 Å². The van der Waals surface area contributed by atoms with Crippen LogP contribution < -0.4 is 0 Å². The molecular weight excluding hydrogens is 289 g/mol. The molecule has 1 aromatic rings. The first-order valence-corrected chi connectivity index (χ1v) is 8.64. The summed E-state index contributed by atoms with van der Waals surface area (Å²) in [6.45, 7) is 9.73. The molecule has 7 heteroatoms. The normalized spacial score (nSPS) is 10.9. The van der Waals surface area contributed by atoms with Gasteiger partial charge >= 0.3 is 8.80 Å². The van der Waals surface area contributed by atoms with Crippen molar-refractivity contribution >= 4 is 8.80 Å². The van der Waals surface area contributed by atoms with Crippen molar-refractivity contribution in [3.05, 3.63) is 35.7 Å². The highest BCUT2D eigenvalue weighted by atomic mass is 28.4. The molecule has 20 heavy (non-hydrogen) atoms. The Bertz CT molecular complexity index is 354. The van der Waals surface area contributed by atoms with E-state index < -0.39 is 26.3 Å². The number of benzene rings is 1. The molecule has 0 aliphatic rings. The molecule has 0 atom stereocenters. The van der Waals surface area contributed by atoms with E-state index in [1.807, 2.05) is 27.3 Å². The van der Waals surface area contributed by atoms with Gasteiger partial charge in [0, 0.05) is 26.4 Å². The summed E-state index contributed by atoms with van der Waals surface area (Å²) in [5.41, 5.74) is 0. The molecule has 0 radical (unpaired) electrons. The zero-order valence-electron chi connectivity index (χ0n) is 12.2. The van der Waals surface area contributed by atoms with E-state index in [4.69, 9.17) is 13.3 Å². The molecule has 0 heterocycles. The van der Waals surface area contributed by atoms with Crippen LogP contribution in [0.2, 0.25) is 6.55 Å². The number of halogens is 3. The quantitative estimate of drug-likeness (QED) is 0.591. The molecule has 1 aromatic carbocycles. The van der Waals surface area contributed by atoms with E-state index in [2.05, 4.69) is 0 Å². The van der Waals surface area contributed by atoms with E-state index >= 15 is 0 Å². The molecule has 0 saturated carbocycles. The van der Waals surface area contributed by atoms with Gasteiger partial charge in [0.1, 0.15) is 0 Å². The summed E-state index contributed by atoms with van der Waals surface area (Å²) >= 11 is 0. The molecule has 0 bridgehead atoms. The molecule has 0 aliphatic heterocycles. The zero-order chi connectivity index (χ0) is 15.6. The fourth-order valence-electron chi connectivity index (χ4n) is 1.39. The van der Waals surface area contributed by atoms with Gasteiger partial charge in [0.2, 0.25) is 0 Å². The first kappa shape index (κ1) is 19.1. The van der Waals surface area contributed by atoms with Gasteiger partial charge in [-0.15, -0.1) is 0 Å².